The Labute approximate surface area is 145 Å². The van der Waals surface area contributed by atoms with Crippen molar-refractivity contribution in [3.05, 3.63) is 47.5 Å². The Kier molecular flexibility index (Phi) is 5.27. The van der Waals surface area contributed by atoms with Crippen LogP contribution in [0.25, 0.3) is 0 Å². The van der Waals surface area contributed by atoms with E-state index in [9.17, 15) is 9.59 Å². The zero-order valence-corrected chi connectivity index (χ0v) is 14.6. The van der Waals surface area contributed by atoms with Crippen molar-refractivity contribution in [2.45, 2.75) is 31.0 Å². The van der Waals surface area contributed by atoms with E-state index < -0.39 is 16.2 Å². The SMILES string of the molecule is CC(C)C1=CC(=NOC(=O)c2ccccc2)C(C)(Cl)C(Cl)C1=O. The molecule has 122 valence electrons. The van der Waals surface area contributed by atoms with Gasteiger partial charge in [-0.3, -0.25) is 4.79 Å². The van der Waals surface area contributed by atoms with Gasteiger partial charge in [-0.2, -0.15) is 0 Å². The lowest BCUT2D eigenvalue weighted by Crippen LogP contribution is -2.47. The van der Waals surface area contributed by atoms with Crippen molar-refractivity contribution in [3.8, 4) is 0 Å². The fraction of sp³-hybridized carbons (Fsp3) is 0.353. The molecular formula is C17H17Cl2NO3. The van der Waals surface area contributed by atoms with Crippen molar-refractivity contribution in [1.82, 2.24) is 0 Å². The third kappa shape index (κ3) is 3.65. The maximum absolute atomic E-state index is 12.2. The third-order valence-corrected chi connectivity index (χ3v) is 4.80. The quantitative estimate of drug-likeness (QED) is 0.469. The van der Waals surface area contributed by atoms with Gasteiger partial charge in [0.05, 0.1) is 5.56 Å². The Hall–Kier alpha value is -1.65. The standard InChI is InChI=1S/C17H17Cl2NO3/c1-10(2)12-9-13(17(3,19)15(18)14(12)21)20-23-16(22)11-7-5-4-6-8-11/h4-10,15H,1-3H3. The van der Waals surface area contributed by atoms with E-state index in [0.29, 0.717) is 11.1 Å². The highest BCUT2D eigenvalue weighted by molar-refractivity contribution is 6.51. The van der Waals surface area contributed by atoms with Crippen LogP contribution in [0, 0.1) is 5.92 Å². The number of carbonyl (C=O) groups is 2. The largest absolute Gasteiger partial charge is 0.365 e. The normalized spacial score (nSPS) is 26.3. The Bertz CT molecular complexity index is 678. The molecule has 1 aliphatic carbocycles. The minimum atomic E-state index is -1.24. The van der Waals surface area contributed by atoms with Gasteiger partial charge in [0.2, 0.25) is 0 Å². The molecule has 4 nitrogen and oxygen atoms in total. The van der Waals surface area contributed by atoms with Gasteiger partial charge in [-0.05, 0) is 31.1 Å². The van der Waals surface area contributed by atoms with Crippen molar-refractivity contribution in [2.24, 2.45) is 11.1 Å². The monoisotopic (exact) mass is 353 g/mol. The van der Waals surface area contributed by atoms with Crippen LogP contribution in [-0.2, 0) is 9.63 Å². The van der Waals surface area contributed by atoms with Crippen molar-refractivity contribution in [3.63, 3.8) is 0 Å². The predicted molar refractivity (Wildman–Crippen MR) is 91.1 cm³/mol. The van der Waals surface area contributed by atoms with Gasteiger partial charge in [-0.25, -0.2) is 4.79 Å². The van der Waals surface area contributed by atoms with Gasteiger partial charge in [0, 0.05) is 5.57 Å². The fourth-order valence-electron chi connectivity index (χ4n) is 2.17. The molecule has 0 saturated heterocycles. The summed E-state index contributed by atoms with van der Waals surface area (Å²) in [5, 5.41) is 2.88. The second-order valence-electron chi connectivity index (χ2n) is 5.78. The van der Waals surface area contributed by atoms with E-state index in [1.807, 2.05) is 13.8 Å². The molecule has 1 aromatic carbocycles. The molecular weight excluding hydrogens is 337 g/mol. The van der Waals surface area contributed by atoms with E-state index in [1.54, 1.807) is 43.3 Å². The van der Waals surface area contributed by atoms with E-state index in [4.69, 9.17) is 28.0 Å². The van der Waals surface area contributed by atoms with E-state index in [0.717, 1.165) is 0 Å². The van der Waals surface area contributed by atoms with Gasteiger partial charge in [-0.15, -0.1) is 23.2 Å². The summed E-state index contributed by atoms with van der Waals surface area (Å²) in [4.78, 5) is 27.9. The maximum Gasteiger partial charge on any atom is 0.365 e. The first-order valence-corrected chi connectivity index (χ1v) is 8.00. The number of nitrogens with zero attached hydrogens (tertiary/aromatic N) is 1. The lowest BCUT2D eigenvalue weighted by atomic mass is 9.82. The first kappa shape index (κ1) is 17.7. The molecule has 6 heteroatoms. The number of carbonyl (C=O) groups excluding carboxylic acids is 2. The lowest BCUT2D eigenvalue weighted by Gasteiger charge is -2.32. The molecule has 0 bridgehead atoms. The zero-order valence-electron chi connectivity index (χ0n) is 13.0. The van der Waals surface area contributed by atoms with Crippen molar-refractivity contribution >= 4 is 40.7 Å². The number of rotatable bonds is 3. The van der Waals surface area contributed by atoms with Gasteiger partial charge in [-0.1, -0.05) is 37.2 Å². The number of oxime groups is 1. The number of hydrogen-bond donors (Lipinski definition) is 0. The molecule has 1 aliphatic rings. The first-order valence-electron chi connectivity index (χ1n) is 7.18. The summed E-state index contributed by atoms with van der Waals surface area (Å²) in [5.41, 5.74) is 1.14. The second-order valence-corrected chi connectivity index (χ2v) is 7.00. The van der Waals surface area contributed by atoms with Gasteiger partial charge in [0.25, 0.3) is 0 Å². The number of allylic oxidation sites excluding steroid dienone is 2. The van der Waals surface area contributed by atoms with Crippen LogP contribution in [0.4, 0.5) is 0 Å². The second kappa shape index (κ2) is 6.85. The highest BCUT2D eigenvalue weighted by Gasteiger charge is 2.45. The van der Waals surface area contributed by atoms with Crippen molar-refractivity contribution in [1.29, 1.82) is 0 Å². The number of benzene rings is 1. The van der Waals surface area contributed by atoms with Crippen molar-refractivity contribution in [2.75, 3.05) is 0 Å². The number of Topliss-reactive ketones (excluding diaryl/α,β-unsaturated/α-hetero) is 1. The highest BCUT2D eigenvalue weighted by atomic mass is 35.5. The van der Waals surface area contributed by atoms with Crippen molar-refractivity contribution < 1.29 is 14.4 Å². The number of ketones is 1. The average Bonchev–Trinajstić information content (AvgIpc) is 2.52. The van der Waals surface area contributed by atoms with Gasteiger partial charge in [0.15, 0.2) is 5.78 Å². The average molecular weight is 354 g/mol. The number of halogens is 2. The van der Waals surface area contributed by atoms with E-state index in [2.05, 4.69) is 5.16 Å². The molecule has 1 aromatic rings. The molecule has 0 fully saturated rings. The molecule has 0 heterocycles. The molecule has 0 aromatic heterocycles. The topological polar surface area (TPSA) is 55.7 Å². The summed E-state index contributed by atoms with van der Waals surface area (Å²) < 4.78 is 0. The Morgan fingerprint density at radius 2 is 1.91 bits per heavy atom. The van der Waals surface area contributed by atoms with E-state index in [1.165, 1.54) is 0 Å². The first-order chi connectivity index (χ1) is 10.7. The van der Waals surface area contributed by atoms with E-state index >= 15 is 0 Å². The summed E-state index contributed by atoms with van der Waals surface area (Å²) in [6.45, 7) is 5.32. The predicted octanol–water partition coefficient (Wildman–Crippen LogP) is 3.97. The van der Waals surface area contributed by atoms with E-state index in [-0.39, 0.29) is 17.4 Å². The van der Waals surface area contributed by atoms with Crippen LogP contribution in [0.3, 0.4) is 0 Å². The molecule has 2 rings (SSSR count). The summed E-state index contributed by atoms with van der Waals surface area (Å²) in [6.07, 6.45) is 1.55. The van der Waals surface area contributed by atoms with Crippen LogP contribution in [0.2, 0.25) is 0 Å². The summed E-state index contributed by atoms with van der Waals surface area (Å²) in [6, 6.07) is 8.47. The van der Waals surface area contributed by atoms with Gasteiger partial charge < -0.3 is 4.84 Å². The fourth-order valence-corrected chi connectivity index (χ4v) is 2.59. The summed E-state index contributed by atoms with van der Waals surface area (Å²) >= 11 is 12.5. The van der Waals surface area contributed by atoms with Gasteiger partial charge >= 0.3 is 5.97 Å². The lowest BCUT2D eigenvalue weighted by molar-refractivity contribution is -0.116. The molecule has 0 saturated carbocycles. The third-order valence-electron chi connectivity index (χ3n) is 3.64. The zero-order chi connectivity index (χ0) is 17.2. The van der Waals surface area contributed by atoms with Crippen LogP contribution in [-0.4, -0.2) is 27.7 Å². The maximum atomic E-state index is 12.2. The van der Waals surface area contributed by atoms with Crippen LogP contribution in [0.1, 0.15) is 31.1 Å². The minimum absolute atomic E-state index is 0.0356. The summed E-state index contributed by atoms with van der Waals surface area (Å²) in [7, 11) is 0. The minimum Gasteiger partial charge on any atom is -0.312 e. The van der Waals surface area contributed by atoms with Gasteiger partial charge in [0.1, 0.15) is 16.0 Å². The Morgan fingerprint density at radius 1 is 1.30 bits per heavy atom. The number of hydrogen-bond acceptors (Lipinski definition) is 4. The highest BCUT2D eigenvalue weighted by Crippen LogP contribution is 2.35. The summed E-state index contributed by atoms with van der Waals surface area (Å²) in [5.74, 6) is -0.868. The Balaban J connectivity index is 2.31. The number of alkyl halides is 2. The molecule has 2 unspecified atom stereocenters. The molecule has 0 amide bonds. The Morgan fingerprint density at radius 3 is 2.48 bits per heavy atom. The molecule has 0 N–H and O–H groups in total. The molecule has 0 aliphatic heterocycles. The van der Waals surface area contributed by atoms with Crippen LogP contribution < -0.4 is 0 Å². The van der Waals surface area contributed by atoms with Crippen LogP contribution in [0.15, 0.2) is 47.1 Å². The molecule has 2 atom stereocenters. The molecule has 0 radical (unpaired) electrons. The molecule has 23 heavy (non-hydrogen) atoms. The smallest absolute Gasteiger partial charge is 0.312 e. The van der Waals surface area contributed by atoms with Crippen LogP contribution in [0.5, 0.6) is 0 Å². The molecule has 0 spiro atoms. The van der Waals surface area contributed by atoms with Crippen LogP contribution >= 0.6 is 23.2 Å².